The number of rotatable bonds is 3. The van der Waals surface area contributed by atoms with Crippen molar-refractivity contribution in [2.45, 2.75) is 26.2 Å². The highest BCUT2D eigenvalue weighted by molar-refractivity contribution is 6.30. The van der Waals surface area contributed by atoms with E-state index < -0.39 is 0 Å². The van der Waals surface area contributed by atoms with Crippen LogP contribution in [0.3, 0.4) is 0 Å². The van der Waals surface area contributed by atoms with E-state index in [1.54, 1.807) is 4.52 Å². The number of nitrogens with zero attached hydrogens (tertiary/aromatic N) is 5. The average molecular weight is 296 g/mol. The Morgan fingerprint density at radius 1 is 1.50 bits per heavy atom. The Morgan fingerprint density at radius 2 is 2.35 bits per heavy atom. The molecule has 0 aromatic carbocycles. The molecule has 0 saturated carbocycles. The van der Waals surface area contributed by atoms with Gasteiger partial charge in [-0.05, 0) is 32.1 Å². The second-order valence-corrected chi connectivity index (χ2v) is 5.65. The Kier molecular flexibility index (Phi) is 3.76. The van der Waals surface area contributed by atoms with E-state index in [9.17, 15) is 0 Å². The zero-order valence-corrected chi connectivity index (χ0v) is 12.2. The van der Waals surface area contributed by atoms with Crippen molar-refractivity contribution in [1.29, 1.82) is 0 Å². The molecule has 1 aliphatic rings. The van der Waals surface area contributed by atoms with Crippen LogP contribution in [0.5, 0.6) is 0 Å². The number of hydrogen-bond acceptors (Lipinski definition) is 5. The Morgan fingerprint density at radius 3 is 3.15 bits per heavy atom. The minimum absolute atomic E-state index is 0.243. The molecule has 0 aliphatic carbocycles. The molecule has 0 amide bonds. The molecule has 1 N–H and O–H groups in total. The summed E-state index contributed by atoms with van der Waals surface area (Å²) in [5.74, 6) is 2.01. The molecule has 1 fully saturated rings. The minimum atomic E-state index is 0.243. The highest BCUT2D eigenvalue weighted by Gasteiger charge is 2.24. The van der Waals surface area contributed by atoms with Gasteiger partial charge in [-0.25, -0.2) is 0 Å². The summed E-state index contributed by atoms with van der Waals surface area (Å²) in [6.45, 7) is 4.09. The van der Waals surface area contributed by atoms with Crippen molar-refractivity contribution in [2.75, 3.05) is 24.6 Å². The van der Waals surface area contributed by atoms with E-state index in [1.165, 1.54) is 6.33 Å². The van der Waals surface area contributed by atoms with E-state index in [0.29, 0.717) is 16.8 Å². The second-order valence-electron chi connectivity index (χ2n) is 5.29. The predicted molar refractivity (Wildman–Crippen MR) is 77.2 cm³/mol. The molecule has 1 unspecified atom stereocenters. The van der Waals surface area contributed by atoms with E-state index in [0.717, 1.165) is 43.7 Å². The van der Waals surface area contributed by atoms with Crippen molar-refractivity contribution < 1.29 is 5.11 Å². The zero-order valence-electron chi connectivity index (χ0n) is 11.5. The first-order valence-electron chi connectivity index (χ1n) is 6.92. The molecular weight excluding hydrogens is 278 g/mol. The maximum atomic E-state index is 9.14. The largest absolute Gasteiger partial charge is 0.396 e. The summed E-state index contributed by atoms with van der Waals surface area (Å²) in [6, 6.07) is 0. The highest BCUT2D eigenvalue weighted by atomic mass is 35.5. The third-order valence-electron chi connectivity index (χ3n) is 3.93. The van der Waals surface area contributed by atoms with Gasteiger partial charge in [-0.15, -0.1) is 0 Å². The first-order valence-corrected chi connectivity index (χ1v) is 7.30. The summed E-state index contributed by atoms with van der Waals surface area (Å²) in [5.41, 5.74) is 0.925. The van der Waals surface area contributed by atoms with Gasteiger partial charge in [0.25, 0.3) is 5.78 Å². The standard InChI is InChI=1S/C13H18ClN5O/c1-9-11(14)17-13-15-8-16-19(13)12(9)18-5-2-3-10(7-18)4-6-20/h8,10,20H,2-7H2,1H3. The van der Waals surface area contributed by atoms with Crippen LogP contribution in [-0.2, 0) is 0 Å². The van der Waals surface area contributed by atoms with Crippen molar-refractivity contribution in [3.63, 3.8) is 0 Å². The van der Waals surface area contributed by atoms with Crippen molar-refractivity contribution >= 4 is 23.2 Å². The lowest BCUT2D eigenvalue weighted by Gasteiger charge is -2.34. The molecule has 1 atom stereocenters. The summed E-state index contributed by atoms with van der Waals surface area (Å²) in [4.78, 5) is 10.6. The molecule has 1 aliphatic heterocycles. The number of halogens is 1. The normalized spacial score (nSPS) is 19.8. The molecule has 20 heavy (non-hydrogen) atoms. The monoisotopic (exact) mass is 295 g/mol. The fourth-order valence-electron chi connectivity index (χ4n) is 2.93. The number of piperidine rings is 1. The average Bonchev–Trinajstić information content (AvgIpc) is 2.88. The molecule has 7 heteroatoms. The highest BCUT2D eigenvalue weighted by Crippen LogP contribution is 2.30. The summed E-state index contributed by atoms with van der Waals surface area (Å²) < 4.78 is 1.75. The molecule has 2 aromatic heterocycles. The van der Waals surface area contributed by atoms with Gasteiger partial charge in [0.05, 0.1) is 0 Å². The van der Waals surface area contributed by atoms with Gasteiger partial charge in [-0.2, -0.15) is 19.6 Å². The van der Waals surface area contributed by atoms with Gasteiger partial charge in [-0.3, -0.25) is 0 Å². The van der Waals surface area contributed by atoms with E-state index >= 15 is 0 Å². The number of aliphatic hydroxyl groups excluding tert-OH is 1. The van der Waals surface area contributed by atoms with Gasteiger partial charge in [0.15, 0.2) is 0 Å². The van der Waals surface area contributed by atoms with Crippen molar-refractivity contribution in [2.24, 2.45) is 5.92 Å². The van der Waals surface area contributed by atoms with E-state index in [1.807, 2.05) is 6.92 Å². The number of fused-ring (bicyclic) bond motifs is 1. The SMILES string of the molecule is Cc1c(Cl)nc2ncnn2c1N1CCCC(CCO)C1. The van der Waals surface area contributed by atoms with E-state index in [-0.39, 0.29) is 6.61 Å². The van der Waals surface area contributed by atoms with Crippen LogP contribution in [0.4, 0.5) is 5.82 Å². The van der Waals surface area contributed by atoms with E-state index in [2.05, 4.69) is 20.0 Å². The maximum absolute atomic E-state index is 9.14. The number of aromatic nitrogens is 4. The molecule has 0 radical (unpaired) electrons. The first-order chi connectivity index (χ1) is 9.70. The summed E-state index contributed by atoms with van der Waals surface area (Å²) in [7, 11) is 0. The van der Waals surface area contributed by atoms with Gasteiger partial charge in [-0.1, -0.05) is 11.6 Å². The lowest BCUT2D eigenvalue weighted by molar-refractivity contribution is 0.244. The molecule has 1 saturated heterocycles. The zero-order chi connectivity index (χ0) is 14.1. The third kappa shape index (κ3) is 2.33. The van der Waals surface area contributed by atoms with Crippen LogP contribution in [0.15, 0.2) is 6.33 Å². The minimum Gasteiger partial charge on any atom is -0.396 e. The van der Waals surface area contributed by atoms with Gasteiger partial charge < -0.3 is 10.0 Å². The van der Waals surface area contributed by atoms with Gasteiger partial charge >= 0.3 is 0 Å². The van der Waals surface area contributed by atoms with Crippen LogP contribution in [0, 0.1) is 12.8 Å². The van der Waals surface area contributed by atoms with Crippen LogP contribution >= 0.6 is 11.6 Å². The Hall–Kier alpha value is -1.40. The lowest BCUT2D eigenvalue weighted by Crippen LogP contribution is -2.37. The van der Waals surface area contributed by atoms with Gasteiger partial charge in [0.1, 0.15) is 17.3 Å². The Bertz CT molecular complexity index is 612. The number of aliphatic hydroxyl groups is 1. The quantitative estimate of drug-likeness (QED) is 0.873. The fraction of sp³-hybridized carbons (Fsp3) is 0.615. The molecule has 108 valence electrons. The maximum Gasteiger partial charge on any atom is 0.255 e. The Labute approximate surface area is 122 Å². The summed E-state index contributed by atoms with van der Waals surface area (Å²) in [5, 5.41) is 13.9. The van der Waals surface area contributed by atoms with Crippen LogP contribution < -0.4 is 4.90 Å². The topological polar surface area (TPSA) is 66.5 Å². The molecular formula is C13H18ClN5O. The first kappa shape index (κ1) is 13.6. The van der Waals surface area contributed by atoms with Crippen molar-refractivity contribution in [3.05, 3.63) is 17.0 Å². The van der Waals surface area contributed by atoms with E-state index in [4.69, 9.17) is 16.7 Å². The number of hydrogen-bond donors (Lipinski definition) is 1. The second kappa shape index (κ2) is 5.54. The lowest BCUT2D eigenvalue weighted by atomic mass is 9.95. The van der Waals surface area contributed by atoms with Crippen LogP contribution in [0.25, 0.3) is 5.78 Å². The fourth-order valence-corrected chi connectivity index (χ4v) is 3.09. The van der Waals surface area contributed by atoms with Crippen LogP contribution in [0.1, 0.15) is 24.8 Å². The van der Waals surface area contributed by atoms with Crippen LogP contribution in [-0.4, -0.2) is 44.4 Å². The summed E-state index contributed by atoms with van der Waals surface area (Å²) >= 11 is 6.21. The van der Waals surface area contributed by atoms with Crippen LogP contribution in [0.2, 0.25) is 5.15 Å². The molecule has 2 aromatic rings. The molecule has 0 bridgehead atoms. The number of anilines is 1. The molecule has 3 heterocycles. The molecule has 3 rings (SSSR count). The van der Waals surface area contributed by atoms with Gasteiger partial charge in [0, 0.05) is 25.3 Å². The Balaban J connectivity index is 2.00. The third-order valence-corrected chi connectivity index (χ3v) is 4.30. The molecule has 6 nitrogen and oxygen atoms in total. The molecule has 0 spiro atoms. The van der Waals surface area contributed by atoms with Gasteiger partial charge in [0.2, 0.25) is 0 Å². The predicted octanol–water partition coefficient (Wildman–Crippen LogP) is 1.68. The van der Waals surface area contributed by atoms with Crippen molar-refractivity contribution in [3.8, 4) is 0 Å². The smallest absolute Gasteiger partial charge is 0.255 e. The summed E-state index contributed by atoms with van der Waals surface area (Å²) in [6.07, 6.45) is 4.61. The van der Waals surface area contributed by atoms with Crippen molar-refractivity contribution in [1.82, 2.24) is 19.6 Å².